The SMILES string of the molecule is Cc1csc(NC(=O)c2cccc(CN(CCO)CCO)c2)c1C(=O)N/N=C\c1ccc(Cl)c(C(F)(F)F)c1. The number of hydrogen-bond acceptors (Lipinski definition) is 7. The fraction of sp³-hybridized carbons (Fsp3) is 0.269. The van der Waals surface area contributed by atoms with Gasteiger partial charge in [0.05, 0.1) is 35.6 Å². The highest BCUT2D eigenvalue weighted by Gasteiger charge is 2.33. The molecule has 0 atom stereocenters. The number of benzene rings is 2. The van der Waals surface area contributed by atoms with Gasteiger partial charge in [0.25, 0.3) is 11.8 Å². The largest absolute Gasteiger partial charge is 0.417 e. The molecule has 0 bridgehead atoms. The molecule has 13 heteroatoms. The highest BCUT2D eigenvalue weighted by atomic mass is 35.5. The lowest BCUT2D eigenvalue weighted by molar-refractivity contribution is -0.137. The van der Waals surface area contributed by atoms with E-state index in [4.69, 9.17) is 11.6 Å². The van der Waals surface area contributed by atoms with E-state index in [-0.39, 0.29) is 29.3 Å². The molecule has 4 N–H and O–H groups in total. The Labute approximate surface area is 231 Å². The number of nitrogens with one attached hydrogen (secondary N) is 2. The van der Waals surface area contributed by atoms with Crippen LogP contribution in [0.4, 0.5) is 18.2 Å². The van der Waals surface area contributed by atoms with Gasteiger partial charge in [0.1, 0.15) is 5.00 Å². The van der Waals surface area contributed by atoms with Crippen LogP contribution in [-0.4, -0.2) is 59.4 Å². The summed E-state index contributed by atoms with van der Waals surface area (Å²) in [5, 5.41) is 26.4. The van der Waals surface area contributed by atoms with Crippen molar-refractivity contribution in [2.75, 3.05) is 31.6 Å². The van der Waals surface area contributed by atoms with E-state index in [9.17, 15) is 33.0 Å². The number of carbonyl (C=O) groups excluding carboxylic acids is 2. The van der Waals surface area contributed by atoms with Crippen LogP contribution in [0.2, 0.25) is 5.02 Å². The Balaban J connectivity index is 1.70. The third kappa shape index (κ3) is 8.35. The van der Waals surface area contributed by atoms with Crippen molar-refractivity contribution in [1.82, 2.24) is 10.3 Å². The topological polar surface area (TPSA) is 114 Å². The maximum atomic E-state index is 13.1. The molecule has 1 heterocycles. The van der Waals surface area contributed by atoms with E-state index >= 15 is 0 Å². The monoisotopic (exact) mass is 582 g/mol. The third-order valence-electron chi connectivity index (χ3n) is 5.53. The predicted octanol–water partition coefficient (Wildman–Crippen LogP) is 4.53. The molecule has 2 amide bonds. The van der Waals surface area contributed by atoms with Gasteiger partial charge in [-0.3, -0.25) is 14.5 Å². The van der Waals surface area contributed by atoms with E-state index in [1.165, 1.54) is 6.07 Å². The van der Waals surface area contributed by atoms with Gasteiger partial charge in [-0.15, -0.1) is 11.3 Å². The molecule has 3 aromatic rings. The van der Waals surface area contributed by atoms with Gasteiger partial charge in [0, 0.05) is 25.2 Å². The maximum Gasteiger partial charge on any atom is 0.417 e. The molecule has 0 aliphatic rings. The first-order valence-electron chi connectivity index (χ1n) is 11.7. The summed E-state index contributed by atoms with van der Waals surface area (Å²) < 4.78 is 39.2. The number of anilines is 1. The van der Waals surface area contributed by atoms with Crippen molar-refractivity contribution in [2.45, 2.75) is 19.6 Å². The number of nitrogens with zero attached hydrogens (tertiary/aromatic N) is 2. The minimum atomic E-state index is -4.64. The molecule has 0 spiro atoms. The van der Waals surface area contributed by atoms with Gasteiger partial charge in [0.15, 0.2) is 0 Å². The molecule has 0 radical (unpaired) electrons. The Morgan fingerprint density at radius 3 is 2.49 bits per heavy atom. The molecule has 2 aromatic carbocycles. The Morgan fingerprint density at radius 1 is 1.10 bits per heavy atom. The highest BCUT2D eigenvalue weighted by molar-refractivity contribution is 7.15. The number of thiophene rings is 1. The zero-order chi connectivity index (χ0) is 28.6. The summed E-state index contributed by atoms with van der Waals surface area (Å²) in [7, 11) is 0. The summed E-state index contributed by atoms with van der Waals surface area (Å²) in [6.07, 6.45) is -3.57. The number of aryl methyl sites for hydroxylation is 1. The molecule has 0 aliphatic heterocycles. The minimum Gasteiger partial charge on any atom is -0.395 e. The summed E-state index contributed by atoms with van der Waals surface area (Å²) in [4.78, 5) is 27.6. The van der Waals surface area contributed by atoms with Crippen LogP contribution < -0.4 is 10.7 Å². The number of rotatable bonds is 11. The molecular weight excluding hydrogens is 557 g/mol. The molecule has 0 saturated heterocycles. The second-order valence-corrected chi connectivity index (χ2v) is 9.72. The molecule has 1 aromatic heterocycles. The first-order valence-corrected chi connectivity index (χ1v) is 12.9. The first kappa shape index (κ1) is 30.3. The minimum absolute atomic E-state index is 0.0684. The number of hydrogen-bond donors (Lipinski definition) is 4. The van der Waals surface area contributed by atoms with Crippen molar-refractivity contribution in [3.05, 3.63) is 86.2 Å². The van der Waals surface area contributed by atoms with E-state index in [1.54, 1.807) is 30.5 Å². The first-order chi connectivity index (χ1) is 18.5. The number of alkyl halides is 3. The fourth-order valence-electron chi connectivity index (χ4n) is 3.68. The molecular formula is C26H26ClF3N4O4S. The zero-order valence-corrected chi connectivity index (χ0v) is 22.3. The van der Waals surface area contributed by atoms with Gasteiger partial charge in [-0.05, 0) is 53.3 Å². The molecule has 0 fully saturated rings. The summed E-state index contributed by atoms with van der Waals surface area (Å²) in [6.45, 7) is 2.70. The number of hydrazone groups is 1. The lowest BCUT2D eigenvalue weighted by Crippen LogP contribution is -2.29. The fourth-order valence-corrected chi connectivity index (χ4v) is 4.84. The van der Waals surface area contributed by atoms with Crippen LogP contribution in [0.25, 0.3) is 0 Å². The van der Waals surface area contributed by atoms with Crippen molar-refractivity contribution in [1.29, 1.82) is 0 Å². The Morgan fingerprint density at radius 2 is 1.82 bits per heavy atom. The number of aliphatic hydroxyl groups excluding tert-OH is 2. The van der Waals surface area contributed by atoms with Crippen LogP contribution in [0.3, 0.4) is 0 Å². The normalized spacial score (nSPS) is 11.8. The quantitative estimate of drug-likeness (QED) is 0.196. The van der Waals surface area contributed by atoms with Crippen molar-refractivity contribution >= 4 is 46.0 Å². The highest BCUT2D eigenvalue weighted by Crippen LogP contribution is 2.35. The van der Waals surface area contributed by atoms with Crippen LogP contribution in [0, 0.1) is 6.92 Å². The van der Waals surface area contributed by atoms with E-state index < -0.39 is 28.6 Å². The summed E-state index contributed by atoms with van der Waals surface area (Å²) in [5.41, 5.74) is 3.24. The van der Waals surface area contributed by atoms with Crippen LogP contribution in [0.5, 0.6) is 0 Å². The van der Waals surface area contributed by atoms with Crippen molar-refractivity contribution in [3.8, 4) is 0 Å². The van der Waals surface area contributed by atoms with Crippen molar-refractivity contribution < 1.29 is 33.0 Å². The number of halogens is 4. The van der Waals surface area contributed by atoms with E-state index in [2.05, 4.69) is 15.8 Å². The molecule has 0 saturated carbocycles. The Kier molecular flexibility index (Phi) is 10.6. The molecule has 8 nitrogen and oxygen atoms in total. The van der Waals surface area contributed by atoms with Gasteiger partial charge < -0.3 is 15.5 Å². The van der Waals surface area contributed by atoms with Gasteiger partial charge in [-0.1, -0.05) is 29.8 Å². The number of aliphatic hydroxyl groups is 2. The Bertz CT molecular complexity index is 1340. The van der Waals surface area contributed by atoms with Crippen LogP contribution in [0.1, 0.15) is 43.0 Å². The lowest BCUT2D eigenvalue weighted by Gasteiger charge is -2.20. The standard InChI is InChI=1S/C26H26ClF3N4O4S/c1-16-15-39-25(32-23(37)19-4-2-3-18(11-19)14-34(7-9-35)8-10-36)22(16)24(38)33-31-13-17-5-6-21(27)20(12-17)26(28,29)30/h2-6,11-13,15,35-36H,7-10,14H2,1H3,(H,32,37)(H,33,38)/b31-13-. The molecule has 39 heavy (non-hydrogen) atoms. The maximum absolute atomic E-state index is 13.1. The average Bonchev–Trinajstić information content (AvgIpc) is 3.24. The molecule has 0 unspecified atom stereocenters. The number of carbonyl (C=O) groups is 2. The summed E-state index contributed by atoms with van der Waals surface area (Å²) in [6, 6.07) is 10.1. The van der Waals surface area contributed by atoms with E-state index in [1.807, 2.05) is 11.0 Å². The number of amides is 2. The second kappa shape index (κ2) is 13.7. The molecule has 208 valence electrons. The second-order valence-electron chi connectivity index (χ2n) is 8.44. The van der Waals surface area contributed by atoms with Crippen LogP contribution in [0.15, 0.2) is 52.9 Å². The molecule has 3 rings (SSSR count). The van der Waals surface area contributed by atoms with Gasteiger partial charge in [0.2, 0.25) is 0 Å². The van der Waals surface area contributed by atoms with Crippen molar-refractivity contribution in [2.24, 2.45) is 5.10 Å². The van der Waals surface area contributed by atoms with Crippen LogP contribution in [-0.2, 0) is 12.7 Å². The van der Waals surface area contributed by atoms with E-state index in [0.29, 0.717) is 30.8 Å². The Hall–Kier alpha value is -3.29. The summed E-state index contributed by atoms with van der Waals surface area (Å²) >= 11 is 6.77. The van der Waals surface area contributed by atoms with Gasteiger partial charge in [-0.2, -0.15) is 18.3 Å². The van der Waals surface area contributed by atoms with Gasteiger partial charge in [-0.25, -0.2) is 5.43 Å². The third-order valence-corrected chi connectivity index (χ3v) is 6.88. The average molecular weight is 583 g/mol. The van der Waals surface area contributed by atoms with Gasteiger partial charge >= 0.3 is 6.18 Å². The smallest absolute Gasteiger partial charge is 0.395 e. The lowest BCUT2D eigenvalue weighted by atomic mass is 10.1. The van der Waals surface area contributed by atoms with Crippen LogP contribution >= 0.6 is 22.9 Å². The van der Waals surface area contributed by atoms with E-state index in [0.717, 1.165) is 35.2 Å². The molecule has 0 aliphatic carbocycles. The predicted molar refractivity (Wildman–Crippen MR) is 144 cm³/mol. The van der Waals surface area contributed by atoms with Crippen molar-refractivity contribution in [3.63, 3.8) is 0 Å². The summed E-state index contributed by atoms with van der Waals surface area (Å²) in [5.74, 6) is -1.10. The zero-order valence-electron chi connectivity index (χ0n) is 20.8.